The number of aromatic nitrogens is 1. The van der Waals surface area contributed by atoms with E-state index < -0.39 is 5.54 Å². The third kappa shape index (κ3) is 3.62. The van der Waals surface area contributed by atoms with Crippen LogP contribution in [0.15, 0.2) is 18.3 Å². The van der Waals surface area contributed by atoms with Gasteiger partial charge in [0.2, 0.25) is 5.91 Å². The monoisotopic (exact) mass is 222 g/mol. The van der Waals surface area contributed by atoms with Gasteiger partial charge >= 0.3 is 0 Å². The first-order valence-electron chi connectivity index (χ1n) is 5.27. The smallest absolute Gasteiger partial charge is 0.226 e. The van der Waals surface area contributed by atoms with Crippen molar-refractivity contribution in [1.82, 2.24) is 10.3 Å². The zero-order chi connectivity index (χ0) is 12.2. The van der Waals surface area contributed by atoms with Crippen molar-refractivity contribution in [1.29, 1.82) is 0 Å². The Balaban J connectivity index is 2.62. The number of amides is 1. The van der Waals surface area contributed by atoms with E-state index in [1.54, 1.807) is 20.0 Å². The Hall–Kier alpha value is -1.42. The molecule has 2 N–H and O–H groups in total. The summed E-state index contributed by atoms with van der Waals surface area (Å²) in [7, 11) is 0. The number of carbonyl (C=O) groups excluding carboxylic acids is 1. The van der Waals surface area contributed by atoms with Gasteiger partial charge in [0.25, 0.3) is 0 Å². The molecule has 4 heteroatoms. The standard InChI is InChI=1S/C12H18N2O2/c1-9-5-4-6-13-10(9)7-11(16)14-12(2,3)8-15/h4-6,15H,7-8H2,1-3H3,(H,14,16). The molecule has 1 aromatic rings. The van der Waals surface area contributed by atoms with Crippen molar-refractivity contribution >= 4 is 5.91 Å². The number of aliphatic hydroxyl groups excluding tert-OH is 1. The van der Waals surface area contributed by atoms with Gasteiger partial charge in [-0.2, -0.15) is 0 Å². The summed E-state index contributed by atoms with van der Waals surface area (Å²) in [5.41, 5.74) is 1.19. The van der Waals surface area contributed by atoms with Gasteiger partial charge in [-0.15, -0.1) is 0 Å². The zero-order valence-corrected chi connectivity index (χ0v) is 9.95. The maximum atomic E-state index is 11.7. The van der Waals surface area contributed by atoms with Crippen molar-refractivity contribution in [2.24, 2.45) is 0 Å². The van der Waals surface area contributed by atoms with Crippen LogP contribution in [0, 0.1) is 6.92 Å². The van der Waals surface area contributed by atoms with E-state index in [9.17, 15) is 4.79 Å². The van der Waals surface area contributed by atoms with E-state index >= 15 is 0 Å². The van der Waals surface area contributed by atoms with E-state index in [-0.39, 0.29) is 18.9 Å². The first-order chi connectivity index (χ1) is 7.44. The lowest BCUT2D eigenvalue weighted by molar-refractivity contribution is -0.122. The third-order valence-electron chi connectivity index (χ3n) is 2.32. The number of aryl methyl sites for hydroxylation is 1. The molecule has 0 aromatic carbocycles. The topological polar surface area (TPSA) is 62.2 Å². The second-order valence-corrected chi connectivity index (χ2v) is 4.53. The largest absolute Gasteiger partial charge is 0.394 e. The quantitative estimate of drug-likeness (QED) is 0.792. The number of carbonyl (C=O) groups is 1. The Morgan fingerprint density at radius 3 is 2.81 bits per heavy atom. The highest BCUT2D eigenvalue weighted by molar-refractivity contribution is 5.79. The molecule has 0 bridgehead atoms. The van der Waals surface area contributed by atoms with Gasteiger partial charge in [0.15, 0.2) is 0 Å². The predicted octanol–water partition coefficient (Wildman–Crippen LogP) is 0.820. The SMILES string of the molecule is Cc1cccnc1CC(=O)NC(C)(C)CO. The lowest BCUT2D eigenvalue weighted by Gasteiger charge is -2.23. The van der Waals surface area contributed by atoms with Gasteiger partial charge in [-0.3, -0.25) is 9.78 Å². The van der Waals surface area contributed by atoms with Gasteiger partial charge < -0.3 is 10.4 Å². The Bertz CT molecular complexity index is 375. The van der Waals surface area contributed by atoms with Crippen molar-refractivity contribution in [3.05, 3.63) is 29.6 Å². The molecule has 0 spiro atoms. The molecule has 1 heterocycles. The molecular formula is C12H18N2O2. The molecule has 0 aliphatic carbocycles. The Morgan fingerprint density at radius 2 is 2.25 bits per heavy atom. The zero-order valence-electron chi connectivity index (χ0n) is 9.95. The summed E-state index contributed by atoms with van der Waals surface area (Å²) in [5.74, 6) is -0.124. The molecular weight excluding hydrogens is 204 g/mol. The summed E-state index contributed by atoms with van der Waals surface area (Å²) < 4.78 is 0. The van der Waals surface area contributed by atoms with Crippen LogP contribution in [0.4, 0.5) is 0 Å². The minimum atomic E-state index is -0.584. The van der Waals surface area contributed by atoms with Crippen LogP contribution in [-0.2, 0) is 11.2 Å². The maximum Gasteiger partial charge on any atom is 0.226 e. The van der Waals surface area contributed by atoms with Gasteiger partial charge in [-0.05, 0) is 32.4 Å². The molecule has 1 rings (SSSR count). The highest BCUT2D eigenvalue weighted by Crippen LogP contribution is 2.06. The second-order valence-electron chi connectivity index (χ2n) is 4.53. The summed E-state index contributed by atoms with van der Waals surface area (Å²) in [6.45, 7) is 5.39. The number of nitrogens with zero attached hydrogens (tertiary/aromatic N) is 1. The maximum absolute atomic E-state index is 11.7. The molecule has 1 aromatic heterocycles. The average Bonchev–Trinajstić information content (AvgIpc) is 2.21. The van der Waals surface area contributed by atoms with E-state index in [2.05, 4.69) is 10.3 Å². The highest BCUT2D eigenvalue weighted by Gasteiger charge is 2.19. The average molecular weight is 222 g/mol. The Kier molecular flexibility index (Phi) is 4.01. The van der Waals surface area contributed by atoms with Gasteiger partial charge in [-0.1, -0.05) is 6.07 Å². The van der Waals surface area contributed by atoms with Crippen LogP contribution < -0.4 is 5.32 Å². The number of aliphatic hydroxyl groups is 1. The number of hydrogen-bond acceptors (Lipinski definition) is 3. The summed E-state index contributed by atoms with van der Waals surface area (Å²) in [4.78, 5) is 15.8. The summed E-state index contributed by atoms with van der Waals surface area (Å²) in [5, 5.41) is 11.8. The van der Waals surface area contributed by atoms with Crippen LogP contribution in [-0.4, -0.2) is 28.1 Å². The predicted molar refractivity (Wildman–Crippen MR) is 62.0 cm³/mol. The summed E-state index contributed by atoms with van der Waals surface area (Å²) in [6.07, 6.45) is 1.92. The fraction of sp³-hybridized carbons (Fsp3) is 0.500. The second kappa shape index (κ2) is 5.07. The van der Waals surface area contributed by atoms with Crippen molar-refractivity contribution in [3.8, 4) is 0 Å². The third-order valence-corrected chi connectivity index (χ3v) is 2.32. The molecule has 4 nitrogen and oxygen atoms in total. The van der Waals surface area contributed by atoms with Crippen molar-refractivity contribution < 1.29 is 9.90 Å². The highest BCUT2D eigenvalue weighted by atomic mass is 16.3. The number of nitrogens with one attached hydrogen (secondary N) is 1. The van der Waals surface area contributed by atoms with Crippen molar-refractivity contribution in [2.45, 2.75) is 32.7 Å². The molecule has 1 amide bonds. The van der Waals surface area contributed by atoms with E-state index in [4.69, 9.17) is 5.11 Å². The number of rotatable bonds is 4. The fourth-order valence-electron chi connectivity index (χ4n) is 1.32. The van der Waals surface area contributed by atoms with Crippen LogP contribution in [0.3, 0.4) is 0 Å². The summed E-state index contributed by atoms with van der Waals surface area (Å²) >= 11 is 0. The van der Waals surface area contributed by atoms with E-state index in [0.717, 1.165) is 11.3 Å². The van der Waals surface area contributed by atoms with Crippen LogP contribution in [0.25, 0.3) is 0 Å². The minimum absolute atomic E-state index is 0.0834. The van der Waals surface area contributed by atoms with E-state index in [1.807, 2.05) is 19.1 Å². The van der Waals surface area contributed by atoms with E-state index in [0.29, 0.717) is 0 Å². The molecule has 0 saturated carbocycles. The first kappa shape index (κ1) is 12.6. The first-order valence-corrected chi connectivity index (χ1v) is 5.27. The van der Waals surface area contributed by atoms with Crippen LogP contribution in [0.1, 0.15) is 25.1 Å². The van der Waals surface area contributed by atoms with Crippen molar-refractivity contribution in [3.63, 3.8) is 0 Å². The van der Waals surface area contributed by atoms with Crippen LogP contribution in [0.5, 0.6) is 0 Å². The minimum Gasteiger partial charge on any atom is -0.394 e. The molecule has 0 aliphatic heterocycles. The molecule has 0 unspecified atom stereocenters. The van der Waals surface area contributed by atoms with Gasteiger partial charge in [0.05, 0.1) is 24.3 Å². The van der Waals surface area contributed by atoms with Crippen LogP contribution in [0.2, 0.25) is 0 Å². The Morgan fingerprint density at radius 1 is 1.56 bits per heavy atom. The van der Waals surface area contributed by atoms with Gasteiger partial charge in [-0.25, -0.2) is 0 Å². The molecule has 0 aliphatic rings. The molecule has 0 atom stereocenters. The lowest BCUT2D eigenvalue weighted by atomic mass is 10.1. The molecule has 16 heavy (non-hydrogen) atoms. The lowest BCUT2D eigenvalue weighted by Crippen LogP contribution is -2.47. The Labute approximate surface area is 95.7 Å². The fourth-order valence-corrected chi connectivity index (χ4v) is 1.32. The van der Waals surface area contributed by atoms with Crippen LogP contribution >= 0.6 is 0 Å². The molecule has 88 valence electrons. The van der Waals surface area contributed by atoms with Crippen molar-refractivity contribution in [2.75, 3.05) is 6.61 Å². The van der Waals surface area contributed by atoms with Gasteiger partial charge in [0.1, 0.15) is 0 Å². The molecule has 0 fully saturated rings. The summed E-state index contributed by atoms with van der Waals surface area (Å²) in [6, 6.07) is 3.77. The normalized spacial score (nSPS) is 11.2. The molecule has 0 radical (unpaired) electrons. The van der Waals surface area contributed by atoms with Gasteiger partial charge in [0, 0.05) is 6.20 Å². The number of hydrogen-bond donors (Lipinski definition) is 2. The molecule has 0 saturated heterocycles. The number of pyridine rings is 1. The van der Waals surface area contributed by atoms with E-state index in [1.165, 1.54) is 0 Å².